The molecular weight excluding hydrogens is 268 g/mol. The van der Waals surface area contributed by atoms with Gasteiger partial charge in [-0.05, 0) is 32.4 Å². The first-order chi connectivity index (χ1) is 10.0. The van der Waals surface area contributed by atoms with E-state index in [1.165, 1.54) is 0 Å². The van der Waals surface area contributed by atoms with Gasteiger partial charge in [0, 0.05) is 25.6 Å². The van der Waals surface area contributed by atoms with Crippen LogP contribution in [0.5, 0.6) is 0 Å². The first-order valence-corrected chi connectivity index (χ1v) is 7.31. The highest BCUT2D eigenvalue weighted by molar-refractivity contribution is 5.92. The fraction of sp³-hybridized carbons (Fsp3) is 0.533. The molecule has 3 N–H and O–H groups in total. The van der Waals surface area contributed by atoms with Gasteiger partial charge in [-0.1, -0.05) is 13.0 Å². The van der Waals surface area contributed by atoms with Gasteiger partial charge in [-0.3, -0.25) is 9.59 Å². The number of amides is 2. The molecule has 1 aromatic heterocycles. The summed E-state index contributed by atoms with van der Waals surface area (Å²) in [5.74, 6) is 0.339. The maximum absolute atomic E-state index is 11.9. The topological polar surface area (TPSA) is 83.1 Å². The second-order valence-corrected chi connectivity index (χ2v) is 5.06. The summed E-state index contributed by atoms with van der Waals surface area (Å²) in [6.45, 7) is 6.97. The van der Waals surface area contributed by atoms with Gasteiger partial charge in [-0.2, -0.15) is 0 Å². The van der Waals surface area contributed by atoms with Crippen LogP contribution in [-0.4, -0.2) is 35.9 Å². The van der Waals surface area contributed by atoms with Crippen molar-refractivity contribution < 1.29 is 9.59 Å². The molecule has 1 rings (SSSR count). The lowest BCUT2D eigenvalue weighted by molar-refractivity contribution is -0.121. The van der Waals surface area contributed by atoms with Crippen LogP contribution in [0, 0.1) is 0 Å². The number of hydrogen-bond acceptors (Lipinski definition) is 4. The zero-order valence-electron chi connectivity index (χ0n) is 12.9. The Kier molecular flexibility index (Phi) is 7.21. The molecule has 116 valence electrons. The Morgan fingerprint density at radius 1 is 1.24 bits per heavy atom. The molecule has 1 aromatic rings. The largest absolute Gasteiger partial charge is 0.370 e. The first kappa shape index (κ1) is 16.9. The molecule has 0 radical (unpaired) electrons. The molecule has 6 nitrogen and oxygen atoms in total. The van der Waals surface area contributed by atoms with Crippen LogP contribution in [0.25, 0.3) is 0 Å². The molecule has 0 aliphatic heterocycles. The predicted molar refractivity (Wildman–Crippen MR) is 83.2 cm³/mol. The lowest BCUT2D eigenvalue weighted by atomic mass is 10.3. The van der Waals surface area contributed by atoms with E-state index in [0.717, 1.165) is 13.0 Å². The number of nitrogens with zero attached hydrogens (tertiary/aromatic N) is 1. The molecule has 0 atom stereocenters. The van der Waals surface area contributed by atoms with Gasteiger partial charge < -0.3 is 16.0 Å². The number of anilines is 1. The monoisotopic (exact) mass is 292 g/mol. The Morgan fingerprint density at radius 2 is 2.00 bits per heavy atom. The van der Waals surface area contributed by atoms with E-state index in [2.05, 4.69) is 27.9 Å². The Morgan fingerprint density at radius 3 is 2.67 bits per heavy atom. The number of pyridine rings is 1. The maximum Gasteiger partial charge on any atom is 0.269 e. The summed E-state index contributed by atoms with van der Waals surface area (Å²) in [4.78, 5) is 27.6. The van der Waals surface area contributed by atoms with Gasteiger partial charge in [-0.15, -0.1) is 0 Å². The SMILES string of the molecule is CCCNc1cccc(C(=O)NCCC(=O)NC(C)C)n1. The third-order valence-electron chi connectivity index (χ3n) is 2.63. The zero-order chi connectivity index (χ0) is 15.7. The van der Waals surface area contributed by atoms with Crippen LogP contribution in [0.1, 0.15) is 44.1 Å². The summed E-state index contributed by atoms with van der Waals surface area (Å²) in [5, 5.41) is 8.60. The van der Waals surface area contributed by atoms with Crippen molar-refractivity contribution in [2.24, 2.45) is 0 Å². The number of aromatic nitrogens is 1. The van der Waals surface area contributed by atoms with Crippen LogP contribution in [0.2, 0.25) is 0 Å². The molecule has 0 bridgehead atoms. The normalized spacial score (nSPS) is 10.3. The van der Waals surface area contributed by atoms with Gasteiger partial charge in [0.25, 0.3) is 5.91 Å². The standard InChI is InChI=1S/C15H24N4O2/c1-4-9-16-13-7-5-6-12(19-13)15(21)17-10-8-14(20)18-11(2)3/h5-7,11H,4,8-10H2,1-3H3,(H,16,19)(H,17,21)(H,18,20). The minimum Gasteiger partial charge on any atom is -0.370 e. The number of carbonyl (C=O) groups excluding carboxylic acids is 2. The number of hydrogen-bond donors (Lipinski definition) is 3. The predicted octanol–water partition coefficient (Wildman–Crippen LogP) is 1.55. The van der Waals surface area contributed by atoms with Crippen LogP contribution < -0.4 is 16.0 Å². The molecule has 0 saturated heterocycles. The van der Waals surface area contributed by atoms with Crippen LogP contribution in [0.15, 0.2) is 18.2 Å². The second kappa shape index (κ2) is 8.94. The molecule has 21 heavy (non-hydrogen) atoms. The van der Waals surface area contributed by atoms with Gasteiger partial charge in [0.1, 0.15) is 11.5 Å². The van der Waals surface area contributed by atoms with E-state index in [1.807, 2.05) is 19.9 Å². The van der Waals surface area contributed by atoms with Crippen molar-refractivity contribution in [1.29, 1.82) is 0 Å². The van der Waals surface area contributed by atoms with Crippen LogP contribution in [0.3, 0.4) is 0 Å². The van der Waals surface area contributed by atoms with Crippen molar-refractivity contribution in [2.45, 2.75) is 39.7 Å². The second-order valence-electron chi connectivity index (χ2n) is 5.06. The molecular formula is C15H24N4O2. The van der Waals surface area contributed by atoms with Crippen LogP contribution in [-0.2, 0) is 4.79 Å². The Labute approximate surface area is 125 Å². The summed E-state index contributed by atoms with van der Waals surface area (Å²) in [6.07, 6.45) is 1.25. The quantitative estimate of drug-likeness (QED) is 0.679. The molecule has 0 unspecified atom stereocenters. The van der Waals surface area contributed by atoms with Gasteiger partial charge in [0.2, 0.25) is 5.91 Å². The van der Waals surface area contributed by atoms with Crippen molar-refractivity contribution in [3.05, 3.63) is 23.9 Å². The van der Waals surface area contributed by atoms with E-state index >= 15 is 0 Å². The van der Waals surface area contributed by atoms with Gasteiger partial charge in [-0.25, -0.2) is 4.98 Å². The van der Waals surface area contributed by atoms with Crippen molar-refractivity contribution in [2.75, 3.05) is 18.4 Å². The number of nitrogens with one attached hydrogen (secondary N) is 3. The summed E-state index contributed by atoms with van der Waals surface area (Å²) in [7, 11) is 0. The maximum atomic E-state index is 11.9. The number of carbonyl (C=O) groups is 2. The fourth-order valence-corrected chi connectivity index (χ4v) is 1.69. The minimum atomic E-state index is -0.271. The summed E-state index contributed by atoms with van der Waals surface area (Å²) in [5.41, 5.74) is 0.348. The molecule has 0 aliphatic rings. The molecule has 0 fully saturated rings. The van der Waals surface area contributed by atoms with E-state index in [1.54, 1.807) is 12.1 Å². The minimum absolute atomic E-state index is 0.0726. The first-order valence-electron chi connectivity index (χ1n) is 7.31. The zero-order valence-corrected chi connectivity index (χ0v) is 12.9. The third-order valence-corrected chi connectivity index (χ3v) is 2.63. The summed E-state index contributed by atoms with van der Waals surface area (Å²) in [6, 6.07) is 5.37. The summed E-state index contributed by atoms with van der Waals surface area (Å²) >= 11 is 0. The third kappa shape index (κ3) is 6.74. The molecule has 0 saturated carbocycles. The van der Waals surface area contributed by atoms with Crippen molar-refractivity contribution >= 4 is 17.6 Å². The fourth-order valence-electron chi connectivity index (χ4n) is 1.69. The van der Waals surface area contributed by atoms with Gasteiger partial charge in [0.05, 0.1) is 0 Å². The van der Waals surface area contributed by atoms with Gasteiger partial charge in [0.15, 0.2) is 0 Å². The molecule has 6 heteroatoms. The average Bonchev–Trinajstić information content (AvgIpc) is 2.44. The lowest BCUT2D eigenvalue weighted by Gasteiger charge is -2.09. The highest BCUT2D eigenvalue weighted by Gasteiger charge is 2.09. The molecule has 2 amide bonds. The molecule has 0 spiro atoms. The highest BCUT2D eigenvalue weighted by Crippen LogP contribution is 2.04. The van der Waals surface area contributed by atoms with E-state index in [-0.39, 0.29) is 24.3 Å². The molecule has 0 aliphatic carbocycles. The van der Waals surface area contributed by atoms with Crippen molar-refractivity contribution in [1.82, 2.24) is 15.6 Å². The summed E-state index contributed by atoms with van der Waals surface area (Å²) < 4.78 is 0. The van der Waals surface area contributed by atoms with Crippen molar-refractivity contribution in [3.63, 3.8) is 0 Å². The molecule has 1 heterocycles. The van der Waals surface area contributed by atoms with E-state index in [4.69, 9.17) is 0 Å². The average molecular weight is 292 g/mol. The van der Waals surface area contributed by atoms with Gasteiger partial charge >= 0.3 is 0 Å². The van der Waals surface area contributed by atoms with Crippen LogP contribution >= 0.6 is 0 Å². The van der Waals surface area contributed by atoms with Crippen molar-refractivity contribution in [3.8, 4) is 0 Å². The van der Waals surface area contributed by atoms with E-state index in [9.17, 15) is 9.59 Å². The lowest BCUT2D eigenvalue weighted by Crippen LogP contribution is -2.34. The number of rotatable bonds is 8. The Hall–Kier alpha value is -2.11. The molecule has 0 aromatic carbocycles. The van der Waals surface area contributed by atoms with E-state index < -0.39 is 0 Å². The highest BCUT2D eigenvalue weighted by atomic mass is 16.2. The smallest absolute Gasteiger partial charge is 0.269 e. The Bertz CT molecular complexity index is 474. The van der Waals surface area contributed by atoms with Crippen LogP contribution in [0.4, 0.5) is 5.82 Å². The Balaban J connectivity index is 2.43. The van der Waals surface area contributed by atoms with E-state index in [0.29, 0.717) is 18.1 Å².